The smallest absolute Gasteiger partial charge is 0.420 e. The average Bonchev–Trinajstić information content (AvgIpc) is 2.94. The molecule has 0 unspecified atom stereocenters. The van der Waals surface area contributed by atoms with E-state index in [1.165, 1.54) is 19.1 Å². The minimum absolute atomic E-state index is 0.0424. The Balaban J connectivity index is 2.19. The van der Waals surface area contributed by atoms with Gasteiger partial charge < -0.3 is 37.5 Å². The number of alkyl halides is 3. The third-order valence-electron chi connectivity index (χ3n) is 6.06. The van der Waals surface area contributed by atoms with Crippen molar-refractivity contribution in [3.8, 4) is 5.75 Å². The van der Waals surface area contributed by atoms with Crippen molar-refractivity contribution >= 4 is 35.6 Å². The Labute approximate surface area is 250 Å². The Bertz CT molecular complexity index is 1320. The van der Waals surface area contributed by atoms with Gasteiger partial charge >= 0.3 is 12.1 Å². The van der Waals surface area contributed by atoms with Gasteiger partial charge in [0.1, 0.15) is 23.9 Å². The van der Waals surface area contributed by atoms with Gasteiger partial charge in [0.25, 0.3) is 0 Å². The predicted molar refractivity (Wildman–Crippen MR) is 152 cm³/mol. The number of nitrogens with two attached hydrogens (primary N) is 2. The highest BCUT2D eigenvalue weighted by Gasteiger charge is 2.41. The molecule has 0 fully saturated rings. The van der Waals surface area contributed by atoms with Gasteiger partial charge in [0, 0.05) is 26.3 Å². The SMILES string of the molecule is CC(=O)N[C@H](Cc1ccc(OC(=O)C(F)(F)F)cc1)C(=O)N[C@H](CCCNC(=N)N)C(=O)N[C@H](Cc1ccccc1)C(N)=O. The van der Waals surface area contributed by atoms with Gasteiger partial charge in [-0.15, -0.1) is 0 Å². The molecule has 2 rings (SSSR count). The Kier molecular flexibility index (Phi) is 13.1. The number of halogens is 3. The number of carbonyl (C=O) groups is 5. The van der Waals surface area contributed by atoms with E-state index in [4.69, 9.17) is 16.9 Å². The average molecular weight is 622 g/mol. The van der Waals surface area contributed by atoms with E-state index >= 15 is 0 Å². The number of amides is 4. The highest BCUT2D eigenvalue weighted by molar-refractivity contribution is 5.94. The first-order valence-corrected chi connectivity index (χ1v) is 13.3. The summed E-state index contributed by atoms with van der Waals surface area (Å²) in [6.07, 6.45) is -4.92. The number of nitrogens with one attached hydrogen (secondary N) is 5. The summed E-state index contributed by atoms with van der Waals surface area (Å²) in [5, 5.41) is 17.5. The summed E-state index contributed by atoms with van der Waals surface area (Å²) in [6, 6.07) is 10.1. The molecule has 4 amide bonds. The summed E-state index contributed by atoms with van der Waals surface area (Å²) in [7, 11) is 0. The lowest BCUT2D eigenvalue weighted by molar-refractivity contribution is -0.189. The molecule has 0 heterocycles. The third kappa shape index (κ3) is 12.4. The van der Waals surface area contributed by atoms with Gasteiger partial charge in [0.2, 0.25) is 23.6 Å². The van der Waals surface area contributed by atoms with Crippen molar-refractivity contribution in [2.45, 2.75) is 56.9 Å². The van der Waals surface area contributed by atoms with Crippen LogP contribution in [0.4, 0.5) is 13.2 Å². The molecule has 2 aromatic carbocycles. The minimum Gasteiger partial charge on any atom is -0.420 e. The van der Waals surface area contributed by atoms with Crippen LogP contribution in [-0.4, -0.2) is 66.4 Å². The zero-order valence-corrected chi connectivity index (χ0v) is 23.7. The molecule has 0 aromatic heterocycles. The van der Waals surface area contributed by atoms with E-state index in [2.05, 4.69) is 26.0 Å². The first kappa shape index (κ1) is 35.0. The van der Waals surface area contributed by atoms with Crippen LogP contribution in [0.1, 0.15) is 30.9 Å². The zero-order chi connectivity index (χ0) is 32.9. The van der Waals surface area contributed by atoms with Crippen LogP contribution in [0.3, 0.4) is 0 Å². The van der Waals surface area contributed by atoms with Crippen molar-refractivity contribution in [2.75, 3.05) is 6.54 Å². The van der Waals surface area contributed by atoms with E-state index in [9.17, 15) is 37.1 Å². The van der Waals surface area contributed by atoms with Gasteiger partial charge in [-0.1, -0.05) is 42.5 Å². The number of esters is 1. The summed E-state index contributed by atoms with van der Waals surface area (Å²) < 4.78 is 41.7. The van der Waals surface area contributed by atoms with Gasteiger partial charge in [0.05, 0.1) is 0 Å². The fourth-order valence-corrected chi connectivity index (χ4v) is 3.96. The number of primary amides is 1. The molecular weight excluding hydrogens is 587 g/mol. The zero-order valence-electron chi connectivity index (χ0n) is 23.7. The molecule has 9 N–H and O–H groups in total. The first-order chi connectivity index (χ1) is 20.6. The molecule has 2 aromatic rings. The van der Waals surface area contributed by atoms with Crippen LogP contribution in [0, 0.1) is 5.41 Å². The molecular formula is C28H34F3N7O6. The molecule has 238 valence electrons. The number of hydrogen-bond donors (Lipinski definition) is 7. The normalized spacial score (nSPS) is 13.0. The Morgan fingerprint density at radius 3 is 1.91 bits per heavy atom. The molecule has 0 bridgehead atoms. The van der Waals surface area contributed by atoms with Gasteiger partial charge in [-0.2, -0.15) is 13.2 Å². The van der Waals surface area contributed by atoms with E-state index in [1.54, 1.807) is 30.3 Å². The second-order valence-electron chi connectivity index (χ2n) is 9.69. The van der Waals surface area contributed by atoms with Crippen molar-refractivity contribution in [1.82, 2.24) is 21.3 Å². The number of benzene rings is 2. The lowest BCUT2D eigenvalue weighted by atomic mass is 10.0. The maximum Gasteiger partial charge on any atom is 0.491 e. The second kappa shape index (κ2) is 16.5. The lowest BCUT2D eigenvalue weighted by Gasteiger charge is -2.25. The molecule has 0 saturated carbocycles. The molecule has 0 saturated heterocycles. The van der Waals surface area contributed by atoms with Gasteiger partial charge in [-0.3, -0.25) is 24.6 Å². The second-order valence-corrected chi connectivity index (χ2v) is 9.69. The number of ether oxygens (including phenoxy) is 1. The molecule has 0 aliphatic rings. The van der Waals surface area contributed by atoms with Crippen LogP contribution in [0.25, 0.3) is 0 Å². The summed E-state index contributed by atoms with van der Waals surface area (Å²) in [5.41, 5.74) is 11.9. The lowest BCUT2D eigenvalue weighted by Crippen LogP contribution is -2.57. The third-order valence-corrected chi connectivity index (χ3v) is 6.06. The standard InChI is InChI=1S/C28H34F3N7O6/c1-16(39)36-22(15-18-9-11-19(12-10-18)44-26(43)28(29,30)31)25(42)37-20(8-5-13-35-27(33)34)24(41)38-21(23(32)40)14-17-6-3-2-4-7-17/h2-4,6-7,9-12,20-22H,5,8,13-15H2,1H3,(H2,32,40)(H,36,39)(H,37,42)(H,38,41)(H4,33,34,35)/t20-,21-,22-/m1/s1. The Hall–Kier alpha value is -5.15. The molecule has 3 atom stereocenters. The molecule has 44 heavy (non-hydrogen) atoms. The molecule has 13 nitrogen and oxygen atoms in total. The molecule has 0 aliphatic heterocycles. The van der Waals surface area contributed by atoms with Crippen LogP contribution in [0.15, 0.2) is 54.6 Å². The van der Waals surface area contributed by atoms with Crippen LogP contribution in [-0.2, 0) is 36.8 Å². The monoisotopic (exact) mass is 621 g/mol. The fraction of sp³-hybridized carbons (Fsp3) is 0.357. The molecule has 0 radical (unpaired) electrons. The van der Waals surface area contributed by atoms with E-state index < -0.39 is 53.9 Å². The van der Waals surface area contributed by atoms with Crippen LogP contribution < -0.4 is 37.5 Å². The van der Waals surface area contributed by atoms with Gasteiger partial charge in [-0.25, -0.2) is 4.79 Å². The summed E-state index contributed by atoms with van der Waals surface area (Å²) in [6.45, 7) is 1.36. The maximum absolute atomic E-state index is 13.3. The Morgan fingerprint density at radius 1 is 0.818 bits per heavy atom. The molecule has 0 aliphatic carbocycles. The minimum atomic E-state index is -5.18. The first-order valence-electron chi connectivity index (χ1n) is 13.3. The summed E-state index contributed by atoms with van der Waals surface area (Å²) in [4.78, 5) is 61.7. The van der Waals surface area contributed by atoms with Crippen molar-refractivity contribution in [3.05, 3.63) is 65.7 Å². The fourth-order valence-electron chi connectivity index (χ4n) is 3.96. The Morgan fingerprint density at radius 2 is 1.36 bits per heavy atom. The van der Waals surface area contributed by atoms with Crippen LogP contribution in [0.5, 0.6) is 5.75 Å². The summed E-state index contributed by atoms with van der Waals surface area (Å²) in [5.74, 6) is -5.95. The number of guanidine groups is 1. The number of hydrogen-bond acceptors (Lipinski definition) is 7. The van der Waals surface area contributed by atoms with Gasteiger partial charge in [-0.05, 0) is 36.1 Å². The van der Waals surface area contributed by atoms with Crippen molar-refractivity contribution < 1.29 is 41.9 Å². The van der Waals surface area contributed by atoms with Crippen LogP contribution >= 0.6 is 0 Å². The van der Waals surface area contributed by atoms with E-state index in [1.807, 2.05) is 0 Å². The quantitative estimate of drug-likeness (QED) is 0.0477. The van der Waals surface area contributed by atoms with Crippen molar-refractivity contribution in [3.63, 3.8) is 0 Å². The largest absolute Gasteiger partial charge is 0.491 e. The van der Waals surface area contributed by atoms with E-state index in [0.29, 0.717) is 5.56 Å². The van der Waals surface area contributed by atoms with Crippen molar-refractivity contribution in [2.24, 2.45) is 11.5 Å². The predicted octanol–water partition coefficient (Wildman–Crippen LogP) is 0.162. The van der Waals surface area contributed by atoms with Crippen LogP contribution in [0.2, 0.25) is 0 Å². The topological polar surface area (TPSA) is 219 Å². The van der Waals surface area contributed by atoms with Crippen molar-refractivity contribution in [1.29, 1.82) is 5.41 Å². The number of rotatable bonds is 15. The molecule has 16 heteroatoms. The van der Waals surface area contributed by atoms with E-state index in [0.717, 1.165) is 17.7 Å². The van der Waals surface area contributed by atoms with E-state index in [-0.39, 0.29) is 43.9 Å². The highest BCUT2D eigenvalue weighted by atomic mass is 19.4. The maximum atomic E-state index is 13.3. The number of carbonyl (C=O) groups excluding carboxylic acids is 5. The molecule has 0 spiro atoms. The summed E-state index contributed by atoms with van der Waals surface area (Å²) >= 11 is 0. The highest BCUT2D eigenvalue weighted by Crippen LogP contribution is 2.21. The van der Waals surface area contributed by atoms with Gasteiger partial charge in [0.15, 0.2) is 5.96 Å².